The molecule has 1 aromatic heterocycles. The summed E-state index contributed by atoms with van der Waals surface area (Å²) < 4.78 is 0. The van der Waals surface area contributed by atoms with E-state index in [1.165, 1.54) is 49.2 Å². The van der Waals surface area contributed by atoms with Crippen molar-refractivity contribution in [1.82, 2.24) is 10.3 Å². The van der Waals surface area contributed by atoms with E-state index in [1.54, 1.807) is 11.3 Å². The minimum Gasteiger partial charge on any atom is -0.316 e. The molecule has 1 atom stereocenters. The molecule has 4 aliphatic carbocycles. The first-order valence-corrected chi connectivity index (χ1v) is 9.13. The van der Waals surface area contributed by atoms with Gasteiger partial charge in [-0.3, -0.25) is 0 Å². The molecular weight excluding hydrogens is 264 g/mol. The summed E-state index contributed by atoms with van der Waals surface area (Å²) in [4.78, 5) is 4.70. The number of aryl methyl sites for hydroxylation is 1. The maximum absolute atomic E-state index is 4.70. The molecule has 20 heavy (non-hydrogen) atoms. The van der Waals surface area contributed by atoms with Gasteiger partial charge >= 0.3 is 0 Å². The molecule has 0 aliphatic heterocycles. The Balaban J connectivity index is 1.57. The molecule has 0 spiro atoms. The van der Waals surface area contributed by atoms with Crippen LogP contribution in [-0.4, -0.2) is 18.1 Å². The van der Waals surface area contributed by atoms with Gasteiger partial charge in [-0.1, -0.05) is 0 Å². The van der Waals surface area contributed by atoms with Gasteiger partial charge in [0.05, 0.1) is 10.7 Å². The summed E-state index contributed by atoms with van der Waals surface area (Å²) in [5.41, 5.74) is 1.89. The van der Waals surface area contributed by atoms with Crippen LogP contribution in [0.25, 0.3) is 0 Å². The molecule has 0 amide bonds. The van der Waals surface area contributed by atoms with E-state index in [1.807, 2.05) is 0 Å². The van der Waals surface area contributed by atoms with Crippen LogP contribution in [0.4, 0.5) is 0 Å². The highest BCUT2D eigenvalue weighted by Crippen LogP contribution is 2.61. The molecule has 1 unspecified atom stereocenters. The zero-order valence-corrected chi connectivity index (χ0v) is 13.5. The van der Waals surface area contributed by atoms with E-state index in [0.29, 0.717) is 11.5 Å². The van der Waals surface area contributed by atoms with E-state index in [2.05, 4.69) is 24.7 Å². The number of rotatable bonds is 4. The Hall–Kier alpha value is -0.410. The van der Waals surface area contributed by atoms with Gasteiger partial charge in [0, 0.05) is 17.8 Å². The molecule has 4 fully saturated rings. The van der Waals surface area contributed by atoms with Gasteiger partial charge in [0.25, 0.3) is 0 Å². The molecule has 1 heterocycles. The molecule has 4 aliphatic rings. The fourth-order valence-corrected chi connectivity index (χ4v) is 6.57. The Bertz CT molecular complexity index is 458. The molecule has 1 aromatic rings. The third-order valence-corrected chi connectivity index (χ3v) is 7.08. The number of hydrogen-bond donors (Lipinski definition) is 1. The lowest BCUT2D eigenvalue weighted by Crippen LogP contribution is -2.56. The van der Waals surface area contributed by atoms with Crippen molar-refractivity contribution < 1.29 is 0 Å². The van der Waals surface area contributed by atoms with E-state index in [0.717, 1.165) is 24.2 Å². The molecule has 0 radical (unpaired) electrons. The number of nitrogens with zero attached hydrogens (tertiary/aromatic N) is 1. The minimum absolute atomic E-state index is 0.584. The summed E-state index contributed by atoms with van der Waals surface area (Å²) in [6, 6.07) is 0.636. The van der Waals surface area contributed by atoms with E-state index in [-0.39, 0.29) is 0 Å². The molecule has 110 valence electrons. The first-order chi connectivity index (χ1) is 9.67. The molecule has 5 rings (SSSR count). The average molecular weight is 290 g/mol. The van der Waals surface area contributed by atoms with E-state index in [9.17, 15) is 0 Å². The SMILES string of the molecule is CNC(Cc1csc(C)n1)C12CC3CC(CC(C3)C1)C2. The fraction of sp³-hybridized carbons (Fsp3) is 0.824. The molecule has 4 saturated carbocycles. The van der Waals surface area contributed by atoms with Gasteiger partial charge in [-0.05, 0) is 75.7 Å². The number of likely N-dealkylation sites (N-methyl/N-ethyl adjacent to an activating group) is 1. The topological polar surface area (TPSA) is 24.9 Å². The summed E-state index contributed by atoms with van der Waals surface area (Å²) in [5.74, 6) is 3.11. The van der Waals surface area contributed by atoms with Gasteiger partial charge in [0.2, 0.25) is 0 Å². The summed E-state index contributed by atoms with van der Waals surface area (Å²) >= 11 is 1.80. The molecule has 0 aromatic carbocycles. The van der Waals surface area contributed by atoms with Crippen molar-refractivity contribution >= 4 is 11.3 Å². The summed E-state index contributed by atoms with van der Waals surface area (Å²) in [5, 5.41) is 7.15. The van der Waals surface area contributed by atoms with Crippen LogP contribution in [0.15, 0.2) is 5.38 Å². The summed E-state index contributed by atoms with van der Waals surface area (Å²) in [6.07, 6.45) is 10.2. The zero-order chi connectivity index (χ0) is 13.7. The van der Waals surface area contributed by atoms with Crippen LogP contribution in [0, 0.1) is 30.1 Å². The monoisotopic (exact) mass is 290 g/mol. The second kappa shape index (κ2) is 4.81. The predicted molar refractivity (Wildman–Crippen MR) is 84.0 cm³/mol. The maximum Gasteiger partial charge on any atom is 0.0897 e. The second-order valence-corrected chi connectivity index (χ2v) is 8.75. The van der Waals surface area contributed by atoms with Crippen molar-refractivity contribution in [3.8, 4) is 0 Å². The minimum atomic E-state index is 0.584. The highest BCUT2D eigenvalue weighted by atomic mass is 32.1. The van der Waals surface area contributed by atoms with Crippen molar-refractivity contribution in [2.75, 3.05) is 7.05 Å². The van der Waals surface area contributed by atoms with Gasteiger partial charge in [-0.25, -0.2) is 4.98 Å². The van der Waals surface area contributed by atoms with E-state index >= 15 is 0 Å². The van der Waals surface area contributed by atoms with Crippen LogP contribution in [0.3, 0.4) is 0 Å². The number of aromatic nitrogens is 1. The standard InChI is InChI=1S/C17H26N2S/c1-11-19-15(10-20-11)6-16(18-2)17-7-12-3-13(8-17)5-14(4-12)9-17/h10,12-14,16,18H,3-9H2,1-2H3. The Morgan fingerprint density at radius 1 is 1.25 bits per heavy atom. The normalized spacial score (nSPS) is 40.2. The lowest BCUT2D eigenvalue weighted by Gasteiger charge is -2.59. The maximum atomic E-state index is 4.70. The molecule has 3 heteroatoms. The van der Waals surface area contributed by atoms with Gasteiger partial charge < -0.3 is 5.32 Å². The smallest absolute Gasteiger partial charge is 0.0897 e. The molecule has 4 bridgehead atoms. The van der Waals surface area contributed by atoms with Crippen LogP contribution in [0.2, 0.25) is 0 Å². The fourth-order valence-electron chi connectivity index (χ4n) is 5.94. The Kier molecular flexibility index (Phi) is 3.19. The lowest BCUT2D eigenvalue weighted by atomic mass is 9.47. The van der Waals surface area contributed by atoms with Gasteiger partial charge in [-0.2, -0.15) is 0 Å². The van der Waals surface area contributed by atoms with Crippen molar-refractivity contribution in [3.05, 3.63) is 16.1 Å². The van der Waals surface area contributed by atoms with Crippen molar-refractivity contribution in [1.29, 1.82) is 0 Å². The highest BCUT2D eigenvalue weighted by molar-refractivity contribution is 7.09. The zero-order valence-electron chi connectivity index (χ0n) is 12.7. The summed E-state index contributed by atoms with van der Waals surface area (Å²) in [7, 11) is 2.17. The van der Waals surface area contributed by atoms with Crippen molar-refractivity contribution in [3.63, 3.8) is 0 Å². The Labute approximate surface area is 126 Å². The Morgan fingerprint density at radius 2 is 1.85 bits per heavy atom. The number of nitrogens with one attached hydrogen (secondary N) is 1. The van der Waals surface area contributed by atoms with Gasteiger partial charge in [0.1, 0.15) is 0 Å². The third-order valence-electron chi connectivity index (χ3n) is 6.25. The lowest BCUT2D eigenvalue weighted by molar-refractivity contribution is -0.0725. The quantitative estimate of drug-likeness (QED) is 0.912. The molecule has 1 N–H and O–H groups in total. The van der Waals surface area contributed by atoms with Gasteiger partial charge in [-0.15, -0.1) is 11.3 Å². The highest BCUT2D eigenvalue weighted by Gasteiger charge is 2.53. The summed E-state index contributed by atoms with van der Waals surface area (Å²) in [6.45, 7) is 2.12. The van der Waals surface area contributed by atoms with Crippen LogP contribution < -0.4 is 5.32 Å². The first-order valence-electron chi connectivity index (χ1n) is 8.25. The van der Waals surface area contributed by atoms with Crippen LogP contribution >= 0.6 is 11.3 Å². The second-order valence-electron chi connectivity index (χ2n) is 7.68. The van der Waals surface area contributed by atoms with Crippen molar-refractivity contribution in [2.45, 2.75) is 57.9 Å². The molecule has 0 saturated heterocycles. The molecular formula is C17H26N2S. The first kappa shape index (κ1) is 13.3. The number of thiazole rings is 1. The van der Waals surface area contributed by atoms with Crippen LogP contribution in [0.5, 0.6) is 0 Å². The average Bonchev–Trinajstić information content (AvgIpc) is 2.80. The number of hydrogen-bond acceptors (Lipinski definition) is 3. The van der Waals surface area contributed by atoms with Crippen molar-refractivity contribution in [2.24, 2.45) is 23.2 Å². The van der Waals surface area contributed by atoms with E-state index in [4.69, 9.17) is 4.98 Å². The largest absolute Gasteiger partial charge is 0.316 e. The van der Waals surface area contributed by atoms with Crippen LogP contribution in [-0.2, 0) is 6.42 Å². The molecule has 2 nitrogen and oxygen atoms in total. The Morgan fingerprint density at radius 3 is 2.30 bits per heavy atom. The third kappa shape index (κ3) is 2.14. The van der Waals surface area contributed by atoms with E-state index < -0.39 is 0 Å². The predicted octanol–water partition coefficient (Wildman–Crippen LogP) is 3.80. The van der Waals surface area contributed by atoms with Crippen LogP contribution in [0.1, 0.15) is 49.2 Å². The van der Waals surface area contributed by atoms with Gasteiger partial charge in [0.15, 0.2) is 0 Å².